The van der Waals surface area contributed by atoms with E-state index in [1.165, 1.54) is 12.1 Å². The zero-order chi connectivity index (χ0) is 21.7. The van der Waals surface area contributed by atoms with E-state index in [1.54, 1.807) is 13.8 Å². The van der Waals surface area contributed by atoms with Crippen LogP contribution in [0.25, 0.3) is 0 Å². The van der Waals surface area contributed by atoms with E-state index in [-0.39, 0.29) is 0 Å². The molecule has 0 N–H and O–H groups in total. The van der Waals surface area contributed by atoms with Gasteiger partial charge in [-0.05, 0) is 31.4 Å². The van der Waals surface area contributed by atoms with Gasteiger partial charge >= 0.3 is 17.2 Å². The average molecular weight is 434 g/mol. The normalized spacial score (nSPS) is 16.1. The van der Waals surface area contributed by atoms with Gasteiger partial charge in [0.25, 0.3) is 0 Å². The highest BCUT2D eigenvalue weighted by atomic mass is 32.2. The lowest BCUT2D eigenvalue weighted by molar-refractivity contribution is 0.173. The van der Waals surface area contributed by atoms with Crippen molar-refractivity contribution in [1.29, 1.82) is 0 Å². The maximum atomic E-state index is 13.7. The van der Waals surface area contributed by atoms with Crippen molar-refractivity contribution in [2.45, 2.75) is 24.3 Å². The zero-order valence-electron chi connectivity index (χ0n) is 14.9. The van der Waals surface area contributed by atoms with Gasteiger partial charge in [-0.3, -0.25) is 0 Å². The van der Waals surface area contributed by atoms with Crippen LogP contribution >= 0.6 is 0 Å². The van der Waals surface area contributed by atoms with E-state index in [2.05, 4.69) is 10.8 Å². The molecule has 0 bridgehead atoms. The van der Waals surface area contributed by atoms with Crippen molar-refractivity contribution in [3.05, 3.63) is 65.7 Å². The summed E-state index contributed by atoms with van der Waals surface area (Å²) in [6.07, 6.45) is 0. The van der Waals surface area contributed by atoms with E-state index in [4.69, 9.17) is 9.31 Å². The van der Waals surface area contributed by atoms with Crippen molar-refractivity contribution in [1.82, 2.24) is 0 Å². The molecule has 0 amide bonds. The third-order valence-corrected chi connectivity index (χ3v) is 5.36. The van der Waals surface area contributed by atoms with Gasteiger partial charge in [-0.15, -0.1) is 0 Å². The van der Waals surface area contributed by atoms with Crippen molar-refractivity contribution >= 4 is 22.7 Å². The third-order valence-electron chi connectivity index (χ3n) is 4.13. The molecule has 2 aromatic rings. The summed E-state index contributed by atoms with van der Waals surface area (Å²) in [6, 6.07) is 4.54. The molecule has 1 heterocycles. The zero-order valence-corrected chi connectivity index (χ0v) is 15.7. The smallest absolute Gasteiger partial charge is 0.534 e. The molecule has 2 aromatic carbocycles. The molecule has 3 rings (SSSR count). The molecule has 1 aliphatic rings. The summed E-state index contributed by atoms with van der Waals surface area (Å²) >= 11 is 0. The molecule has 5 nitrogen and oxygen atoms in total. The fraction of sp³-hybridized carbons (Fsp3) is 0.176. The van der Waals surface area contributed by atoms with Gasteiger partial charge in [0.2, 0.25) is 34.8 Å². The summed E-state index contributed by atoms with van der Waals surface area (Å²) < 4.78 is 107. The molecule has 1 saturated heterocycles. The van der Waals surface area contributed by atoms with Gasteiger partial charge < -0.3 is 13.5 Å². The molecule has 1 aliphatic heterocycles. The fourth-order valence-corrected chi connectivity index (χ4v) is 3.30. The molecule has 29 heavy (non-hydrogen) atoms. The van der Waals surface area contributed by atoms with Crippen LogP contribution in [0.3, 0.4) is 0 Å². The van der Waals surface area contributed by atoms with Gasteiger partial charge in [0.15, 0.2) is 0 Å². The van der Waals surface area contributed by atoms with Crippen LogP contribution in [-0.4, -0.2) is 21.1 Å². The van der Waals surface area contributed by atoms with Crippen molar-refractivity contribution in [2.75, 3.05) is 0 Å². The number of benzene rings is 2. The van der Waals surface area contributed by atoms with E-state index in [0.29, 0.717) is 11.2 Å². The standard InChI is InChI=1S/C17H12BF5O5S/c1-8-17(2,3)28-18(26-8)9-4-6-10(7-5-9)29(24,25)27-16-14(22)12(20)11(19)13(21)15(16)23/h4-7H,1H2,2-3H3. The molecule has 0 aliphatic carbocycles. The van der Waals surface area contributed by atoms with Gasteiger partial charge in [0, 0.05) is 0 Å². The van der Waals surface area contributed by atoms with Crippen LogP contribution in [-0.2, 0) is 19.4 Å². The highest BCUT2D eigenvalue weighted by molar-refractivity contribution is 7.87. The molecule has 0 unspecified atom stereocenters. The van der Waals surface area contributed by atoms with E-state index < -0.39 is 62.6 Å². The Bertz CT molecular complexity index is 1070. The first-order chi connectivity index (χ1) is 13.3. The van der Waals surface area contributed by atoms with Gasteiger partial charge in [-0.1, -0.05) is 18.7 Å². The first-order valence-electron chi connectivity index (χ1n) is 7.95. The van der Waals surface area contributed by atoms with Crippen molar-refractivity contribution < 1.29 is 43.9 Å². The minimum Gasteiger partial charge on any atom is -0.534 e. The van der Waals surface area contributed by atoms with Crippen LogP contribution in [0.5, 0.6) is 5.75 Å². The average Bonchev–Trinajstić information content (AvgIpc) is 2.95. The summed E-state index contributed by atoms with van der Waals surface area (Å²) in [5.41, 5.74) is -0.378. The SMILES string of the molecule is C=C1OB(c2ccc(S(=O)(=O)Oc3c(F)c(F)c(F)c(F)c3F)cc2)OC1(C)C. The molecular formula is C17H12BF5O5S. The quantitative estimate of drug-likeness (QED) is 0.243. The first-order valence-corrected chi connectivity index (χ1v) is 9.35. The number of hydrogen-bond acceptors (Lipinski definition) is 5. The Morgan fingerprint density at radius 3 is 1.86 bits per heavy atom. The van der Waals surface area contributed by atoms with Gasteiger partial charge in [0.05, 0.1) is 5.76 Å². The van der Waals surface area contributed by atoms with Crippen LogP contribution in [0.15, 0.2) is 41.5 Å². The van der Waals surface area contributed by atoms with Crippen LogP contribution in [0.1, 0.15) is 13.8 Å². The molecule has 1 fully saturated rings. The molecule has 0 saturated carbocycles. The van der Waals surface area contributed by atoms with Crippen LogP contribution in [0.2, 0.25) is 0 Å². The summed E-state index contributed by atoms with van der Waals surface area (Å²) in [5.74, 6) is -13.5. The maximum Gasteiger partial charge on any atom is 0.563 e. The molecule has 154 valence electrons. The monoisotopic (exact) mass is 434 g/mol. The van der Waals surface area contributed by atoms with E-state index in [0.717, 1.165) is 12.1 Å². The summed E-state index contributed by atoms with van der Waals surface area (Å²) in [7, 11) is -5.78. The predicted octanol–water partition coefficient (Wildman–Crippen LogP) is 3.18. The molecular weight excluding hydrogens is 422 g/mol. The van der Waals surface area contributed by atoms with Crippen LogP contribution < -0.4 is 9.65 Å². The topological polar surface area (TPSA) is 61.8 Å². The summed E-state index contributed by atoms with van der Waals surface area (Å²) in [4.78, 5) is -0.596. The molecule has 0 atom stereocenters. The molecule has 0 aromatic heterocycles. The second-order valence-electron chi connectivity index (χ2n) is 6.51. The van der Waals surface area contributed by atoms with Crippen molar-refractivity contribution in [2.24, 2.45) is 0 Å². The van der Waals surface area contributed by atoms with Gasteiger partial charge in [-0.2, -0.15) is 17.2 Å². The Morgan fingerprint density at radius 1 is 0.931 bits per heavy atom. The minimum atomic E-state index is -4.91. The lowest BCUT2D eigenvalue weighted by Crippen LogP contribution is -2.34. The third kappa shape index (κ3) is 3.69. The number of hydrogen-bond donors (Lipinski definition) is 0. The Balaban J connectivity index is 1.89. The maximum absolute atomic E-state index is 13.7. The molecule has 0 radical (unpaired) electrons. The Labute approximate surface area is 163 Å². The number of halogens is 5. The van der Waals surface area contributed by atoms with Crippen molar-refractivity contribution in [3.8, 4) is 5.75 Å². The minimum absolute atomic E-state index is 0.355. The first kappa shape index (κ1) is 21.1. The van der Waals surface area contributed by atoms with Crippen LogP contribution in [0, 0.1) is 29.1 Å². The Kier molecular flexibility index (Phi) is 5.12. The molecule has 0 spiro atoms. The van der Waals surface area contributed by atoms with Crippen molar-refractivity contribution in [3.63, 3.8) is 0 Å². The summed E-state index contributed by atoms with van der Waals surface area (Å²) in [5, 5.41) is 0. The van der Waals surface area contributed by atoms with E-state index in [9.17, 15) is 30.4 Å². The summed E-state index contributed by atoms with van der Waals surface area (Å²) in [6.45, 7) is 7.13. The lowest BCUT2D eigenvalue weighted by atomic mass is 9.79. The highest BCUT2D eigenvalue weighted by Crippen LogP contribution is 2.32. The predicted molar refractivity (Wildman–Crippen MR) is 91.3 cm³/mol. The largest absolute Gasteiger partial charge is 0.563 e. The van der Waals surface area contributed by atoms with Crippen LogP contribution in [0.4, 0.5) is 22.0 Å². The van der Waals surface area contributed by atoms with E-state index in [1.807, 2.05) is 0 Å². The molecule has 12 heteroatoms. The Hall–Kier alpha value is -2.60. The number of rotatable bonds is 4. The Morgan fingerprint density at radius 2 is 1.41 bits per heavy atom. The second kappa shape index (κ2) is 7.03. The fourth-order valence-electron chi connectivity index (χ4n) is 2.37. The van der Waals surface area contributed by atoms with Gasteiger partial charge in [0.1, 0.15) is 10.5 Å². The lowest BCUT2D eigenvalue weighted by Gasteiger charge is -2.15. The van der Waals surface area contributed by atoms with Gasteiger partial charge in [-0.25, -0.2) is 13.2 Å². The highest BCUT2D eigenvalue weighted by Gasteiger charge is 2.42. The second-order valence-corrected chi connectivity index (χ2v) is 8.05. The van der Waals surface area contributed by atoms with E-state index >= 15 is 0 Å².